The second kappa shape index (κ2) is 8.16. The van der Waals surface area contributed by atoms with Crippen molar-refractivity contribution in [2.75, 3.05) is 36.5 Å². The minimum atomic E-state index is -0.276. The number of hydrogen-bond acceptors (Lipinski definition) is 6. The molecule has 0 atom stereocenters. The number of morpholine rings is 1. The van der Waals surface area contributed by atoms with Crippen LogP contribution in [-0.4, -0.2) is 45.8 Å². The van der Waals surface area contributed by atoms with Gasteiger partial charge in [-0.25, -0.2) is 19.3 Å². The molecule has 29 heavy (non-hydrogen) atoms. The summed E-state index contributed by atoms with van der Waals surface area (Å²) in [5, 5.41) is 3.11. The predicted molar refractivity (Wildman–Crippen MR) is 111 cm³/mol. The molecule has 152 valence electrons. The van der Waals surface area contributed by atoms with E-state index in [1.54, 1.807) is 12.3 Å². The maximum atomic E-state index is 14.7. The number of aryl methyl sites for hydroxylation is 1. The zero-order chi connectivity index (χ0) is 20.4. The van der Waals surface area contributed by atoms with Gasteiger partial charge in [0.1, 0.15) is 11.6 Å². The number of imidazole rings is 1. The van der Waals surface area contributed by atoms with Gasteiger partial charge >= 0.3 is 0 Å². The summed E-state index contributed by atoms with van der Waals surface area (Å²) in [6.07, 6.45) is 3.51. The summed E-state index contributed by atoms with van der Waals surface area (Å²) >= 11 is 0. The van der Waals surface area contributed by atoms with E-state index >= 15 is 0 Å². The zero-order valence-electron chi connectivity index (χ0n) is 16.9. The van der Waals surface area contributed by atoms with Crippen LogP contribution in [0.15, 0.2) is 36.7 Å². The van der Waals surface area contributed by atoms with Gasteiger partial charge in [-0.05, 0) is 45.0 Å². The number of nitrogens with one attached hydrogen (secondary N) is 1. The Labute approximate surface area is 169 Å². The van der Waals surface area contributed by atoms with E-state index in [2.05, 4.69) is 38.7 Å². The summed E-state index contributed by atoms with van der Waals surface area (Å²) in [5.74, 6) is 1.07. The number of hydrogen-bond donors (Lipinski definition) is 1. The summed E-state index contributed by atoms with van der Waals surface area (Å²) in [5.41, 5.74) is 2.88. The van der Waals surface area contributed by atoms with Crippen molar-refractivity contribution in [2.24, 2.45) is 0 Å². The number of anilines is 3. The average Bonchev–Trinajstić information content (AvgIpc) is 3.11. The molecule has 1 N–H and O–H groups in total. The molecular weight excluding hydrogens is 371 g/mol. The second-order valence-electron chi connectivity index (χ2n) is 7.31. The predicted octanol–water partition coefficient (Wildman–Crippen LogP) is 3.95. The highest BCUT2D eigenvalue weighted by Crippen LogP contribution is 2.27. The summed E-state index contributed by atoms with van der Waals surface area (Å²) in [6.45, 7) is 8.81. The Kier molecular flexibility index (Phi) is 5.44. The maximum absolute atomic E-state index is 14.7. The number of benzene rings is 1. The molecule has 4 rings (SSSR count). The number of aromatic nitrogens is 4. The number of ether oxygens (including phenoxy) is 1. The van der Waals surface area contributed by atoms with E-state index in [4.69, 9.17) is 4.74 Å². The molecule has 7 nitrogen and oxygen atoms in total. The molecule has 3 heterocycles. The van der Waals surface area contributed by atoms with Crippen LogP contribution in [0.2, 0.25) is 0 Å². The molecule has 0 spiro atoms. The van der Waals surface area contributed by atoms with Crippen LogP contribution in [0.4, 0.5) is 21.7 Å². The largest absolute Gasteiger partial charge is 0.378 e. The van der Waals surface area contributed by atoms with Gasteiger partial charge in [-0.3, -0.25) is 0 Å². The van der Waals surface area contributed by atoms with E-state index < -0.39 is 0 Å². The minimum absolute atomic E-state index is 0.265. The first kappa shape index (κ1) is 19.3. The Balaban J connectivity index is 1.56. The van der Waals surface area contributed by atoms with Crippen molar-refractivity contribution in [3.8, 4) is 11.4 Å². The minimum Gasteiger partial charge on any atom is -0.378 e. The zero-order valence-corrected chi connectivity index (χ0v) is 16.9. The number of halogens is 1. The van der Waals surface area contributed by atoms with Crippen LogP contribution in [0.5, 0.6) is 0 Å². The molecule has 2 aromatic heterocycles. The fourth-order valence-electron chi connectivity index (χ4n) is 3.63. The molecule has 1 saturated heterocycles. The van der Waals surface area contributed by atoms with E-state index in [0.29, 0.717) is 43.6 Å². The third kappa shape index (κ3) is 4.07. The first-order chi connectivity index (χ1) is 14.0. The van der Waals surface area contributed by atoms with Gasteiger partial charge in [0.2, 0.25) is 5.95 Å². The molecule has 0 aliphatic carbocycles. The van der Waals surface area contributed by atoms with Gasteiger partial charge in [0, 0.05) is 31.0 Å². The lowest BCUT2D eigenvalue weighted by molar-refractivity contribution is 0.122. The highest BCUT2D eigenvalue weighted by Gasteiger charge is 2.16. The fourth-order valence-corrected chi connectivity index (χ4v) is 3.63. The van der Waals surface area contributed by atoms with Gasteiger partial charge in [0.15, 0.2) is 0 Å². The van der Waals surface area contributed by atoms with Crippen LogP contribution >= 0.6 is 0 Å². The van der Waals surface area contributed by atoms with E-state index in [0.717, 1.165) is 17.2 Å². The SMILES string of the molecule is Cc1ncc(-c2ccnc(Nc3ccc(N4CCOCC4)c(F)c3)n2)n1C(C)C. The molecule has 0 saturated carbocycles. The lowest BCUT2D eigenvalue weighted by atomic mass is 10.2. The Morgan fingerprint density at radius 2 is 1.93 bits per heavy atom. The highest BCUT2D eigenvalue weighted by molar-refractivity contribution is 5.62. The highest BCUT2D eigenvalue weighted by atomic mass is 19.1. The summed E-state index contributed by atoms with van der Waals surface area (Å²) in [7, 11) is 0. The second-order valence-corrected chi connectivity index (χ2v) is 7.31. The smallest absolute Gasteiger partial charge is 0.227 e. The molecule has 0 amide bonds. The van der Waals surface area contributed by atoms with Crippen LogP contribution in [0.3, 0.4) is 0 Å². The fraction of sp³-hybridized carbons (Fsp3) is 0.381. The average molecular weight is 396 g/mol. The van der Waals surface area contributed by atoms with E-state index in [9.17, 15) is 4.39 Å². The Bertz CT molecular complexity index is 997. The first-order valence-corrected chi connectivity index (χ1v) is 9.79. The van der Waals surface area contributed by atoms with Gasteiger partial charge in [-0.2, -0.15) is 0 Å². The Morgan fingerprint density at radius 1 is 1.14 bits per heavy atom. The lowest BCUT2D eigenvalue weighted by Crippen LogP contribution is -2.36. The van der Waals surface area contributed by atoms with Crippen molar-refractivity contribution in [1.29, 1.82) is 0 Å². The van der Waals surface area contributed by atoms with Crippen LogP contribution < -0.4 is 10.2 Å². The Hall–Kier alpha value is -3.00. The summed E-state index contributed by atoms with van der Waals surface area (Å²) in [4.78, 5) is 15.3. The monoisotopic (exact) mass is 396 g/mol. The van der Waals surface area contributed by atoms with E-state index in [1.807, 2.05) is 30.2 Å². The Morgan fingerprint density at radius 3 is 2.66 bits per heavy atom. The van der Waals surface area contributed by atoms with Crippen molar-refractivity contribution >= 4 is 17.3 Å². The molecule has 3 aromatic rings. The third-order valence-electron chi connectivity index (χ3n) is 4.97. The van der Waals surface area contributed by atoms with E-state index in [1.165, 1.54) is 6.07 Å². The van der Waals surface area contributed by atoms with Gasteiger partial charge in [-0.15, -0.1) is 0 Å². The third-order valence-corrected chi connectivity index (χ3v) is 4.97. The van der Waals surface area contributed by atoms with Crippen molar-refractivity contribution in [3.05, 3.63) is 48.3 Å². The molecular formula is C21H25FN6O. The van der Waals surface area contributed by atoms with Crippen molar-refractivity contribution in [2.45, 2.75) is 26.8 Å². The summed E-state index contributed by atoms with van der Waals surface area (Å²) in [6, 6.07) is 7.21. The van der Waals surface area contributed by atoms with E-state index in [-0.39, 0.29) is 11.9 Å². The van der Waals surface area contributed by atoms with Gasteiger partial charge in [-0.1, -0.05) is 0 Å². The molecule has 1 aliphatic heterocycles. The standard InChI is InChI=1S/C21H25FN6O/c1-14(2)28-15(3)24-13-20(28)18-6-7-23-21(26-18)25-16-4-5-19(17(22)12-16)27-8-10-29-11-9-27/h4-7,12-14H,8-11H2,1-3H3,(H,23,25,26). The van der Waals surface area contributed by atoms with Gasteiger partial charge in [0.05, 0.1) is 36.5 Å². The molecule has 1 fully saturated rings. The van der Waals surface area contributed by atoms with Crippen LogP contribution in [-0.2, 0) is 4.74 Å². The summed E-state index contributed by atoms with van der Waals surface area (Å²) < 4.78 is 22.1. The topological polar surface area (TPSA) is 68.1 Å². The van der Waals surface area contributed by atoms with Crippen molar-refractivity contribution in [1.82, 2.24) is 19.5 Å². The maximum Gasteiger partial charge on any atom is 0.227 e. The van der Waals surface area contributed by atoms with Gasteiger partial charge < -0.3 is 19.5 Å². The van der Waals surface area contributed by atoms with Crippen LogP contribution in [0.1, 0.15) is 25.7 Å². The lowest BCUT2D eigenvalue weighted by Gasteiger charge is -2.29. The molecule has 1 aliphatic rings. The van der Waals surface area contributed by atoms with Crippen molar-refractivity contribution < 1.29 is 9.13 Å². The molecule has 0 unspecified atom stereocenters. The first-order valence-electron chi connectivity index (χ1n) is 9.79. The van der Waals surface area contributed by atoms with Crippen molar-refractivity contribution in [3.63, 3.8) is 0 Å². The number of nitrogens with zero attached hydrogens (tertiary/aromatic N) is 5. The molecule has 0 bridgehead atoms. The number of rotatable bonds is 5. The molecule has 1 aromatic carbocycles. The van der Waals surface area contributed by atoms with Crippen LogP contribution in [0, 0.1) is 12.7 Å². The molecule has 8 heteroatoms. The normalized spacial score (nSPS) is 14.4. The van der Waals surface area contributed by atoms with Crippen LogP contribution in [0.25, 0.3) is 11.4 Å². The van der Waals surface area contributed by atoms with Gasteiger partial charge in [0.25, 0.3) is 0 Å². The molecule has 0 radical (unpaired) electrons. The quantitative estimate of drug-likeness (QED) is 0.704.